The van der Waals surface area contributed by atoms with Gasteiger partial charge in [-0.1, -0.05) is 12.1 Å². The van der Waals surface area contributed by atoms with Gasteiger partial charge < -0.3 is 15.2 Å². The first-order valence-corrected chi connectivity index (χ1v) is 10.9. The Bertz CT molecular complexity index is 897. The average molecular weight is 399 g/mol. The Kier molecular flexibility index (Phi) is 4.45. The highest BCUT2D eigenvalue weighted by molar-refractivity contribution is 7.13. The zero-order valence-electron chi connectivity index (χ0n) is 16.1. The zero-order chi connectivity index (χ0) is 19.3. The van der Waals surface area contributed by atoms with Crippen molar-refractivity contribution in [1.29, 1.82) is 0 Å². The summed E-state index contributed by atoms with van der Waals surface area (Å²) in [5.74, 6) is 1.20. The number of thiophene rings is 1. The van der Waals surface area contributed by atoms with Gasteiger partial charge in [0.2, 0.25) is 0 Å². The van der Waals surface area contributed by atoms with E-state index in [9.17, 15) is 9.90 Å². The molecule has 5 rings (SSSR count). The minimum atomic E-state index is -0.0452. The molecular weight excluding hydrogens is 372 g/mol. The van der Waals surface area contributed by atoms with Crippen molar-refractivity contribution in [3.63, 3.8) is 0 Å². The Morgan fingerprint density at radius 2 is 2.29 bits per heavy atom. The second-order valence-electron chi connectivity index (χ2n) is 8.49. The molecular formula is C22H26N2O3S. The molecule has 5 nitrogen and oxygen atoms in total. The molecule has 2 N–H and O–H groups in total. The second kappa shape index (κ2) is 6.87. The van der Waals surface area contributed by atoms with Gasteiger partial charge in [0, 0.05) is 42.9 Å². The molecule has 6 heteroatoms. The quantitative estimate of drug-likeness (QED) is 0.812. The van der Waals surface area contributed by atoms with E-state index in [4.69, 9.17) is 4.74 Å². The average Bonchev–Trinajstić information content (AvgIpc) is 3.40. The number of likely N-dealkylation sites (tertiary alicyclic amines) is 1. The van der Waals surface area contributed by atoms with Crippen molar-refractivity contribution in [3.05, 3.63) is 51.7 Å². The number of phenols is 1. The number of carbonyl (C=O) groups excluding carboxylic acids is 1. The van der Waals surface area contributed by atoms with Crippen molar-refractivity contribution in [3.8, 4) is 5.75 Å². The second-order valence-corrected chi connectivity index (χ2v) is 9.78. The smallest absolute Gasteiger partial charge is 0.261 e. The van der Waals surface area contributed by atoms with E-state index >= 15 is 0 Å². The van der Waals surface area contributed by atoms with Crippen LogP contribution in [-0.4, -0.2) is 47.3 Å². The summed E-state index contributed by atoms with van der Waals surface area (Å²) in [6.07, 6.45) is 2.49. The summed E-state index contributed by atoms with van der Waals surface area (Å²) in [5.41, 5.74) is 1.08. The lowest BCUT2D eigenvalue weighted by molar-refractivity contribution is 0.00212. The topological polar surface area (TPSA) is 61.8 Å². The number of rotatable bonds is 5. The number of benzene rings is 1. The van der Waals surface area contributed by atoms with Crippen LogP contribution in [0.5, 0.6) is 5.75 Å². The van der Waals surface area contributed by atoms with E-state index in [0.717, 1.165) is 47.8 Å². The lowest BCUT2D eigenvalue weighted by Crippen LogP contribution is -2.41. The fraction of sp³-hybridized carbons (Fsp3) is 0.500. The molecule has 1 spiro atoms. The molecule has 3 aliphatic rings. The number of nitrogens with zero attached hydrogens (tertiary/aromatic N) is 1. The fourth-order valence-corrected chi connectivity index (χ4v) is 6.23. The number of hydrogen-bond acceptors (Lipinski definition) is 5. The summed E-state index contributed by atoms with van der Waals surface area (Å²) in [7, 11) is 0. The molecule has 1 aromatic heterocycles. The third kappa shape index (κ3) is 3.13. The van der Waals surface area contributed by atoms with Crippen LogP contribution < -0.4 is 5.32 Å². The van der Waals surface area contributed by atoms with Gasteiger partial charge in [-0.05, 0) is 49.6 Å². The number of amides is 1. The van der Waals surface area contributed by atoms with Crippen molar-refractivity contribution < 1.29 is 14.6 Å². The molecule has 2 bridgehead atoms. The van der Waals surface area contributed by atoms with Crippen LogP contribution in [0.4, 0.5) is 0 Å². The van der Waals surface area contributed by atoms with Crippen LogP contribution in [0.25, 0.3) is 0 Å². The van der Waals surface area contributed by atoms with E-state index in [1.807, 2.05) is 31.2 Å². The number of ether oxygens (including phenoxy) is 1. The first-order chi connectivity index (χ1) is 13.5. The molecule has 1 aromatic carbocycles. The molecule has 0 unspecified atom stereocenters. The number of phenolic OH excluding ortho intramolecular Hbond substituents is 1. The van der Waals surface area contributed by atoms with Gasteiger partial charge in [0.25, 0.3) is 5.91 Å². The number of aryl methyl sites for hydroxylation is 1. The highest BCUT2D eigenvalue weighted by Crippen LogP contribution is 2.54. The van der Waals surface area contributed by atoms with Gasteiger partial charge in [0.15, 0.2) is 0 Å². The zero-order valence-corrected chi connectivity index (χ0v) is 16.9. The van der Waals surface area contributed by atoms with E-state index < -0.39 is 0 Å². The SMILES string of the molecule is Cc1ccc(C(=O)NC[C@H]2[C@H]3CN(Cc4cccc(O)c4)C[C@]34CC[C@H]2O4)s1. The molecule has 28 heavy (non-hydrogen) atoms. The first-order valence-electron chi connectivity index (χ1n) is 10.1. The lowest BCUT2D eigenvalue weighted by atomic mass is 9.73. The van der Waals surface area contributed by atoms with Gasteiger partial charge in [0.1, 0.15) is 5.75 Å². The van der Waals surface area contributed by atoms with Gasteiger partial charge in [-0.25, -0.2) is 0 Å². The van der Waals surface area contributed by atoms with Crippen molar-refractivity contribution >= 4 is 17.2 Å². The molecule has 1 amide bonds. The molecule has 0 saturated carbocycles. The molecule has 4 atom stereocenters. The third-order valence-electron chi connectivity index (χ3n) is 6.63. The van der Waals surface area contributed by atoms with E-state index in [-0.39, 0.29) is 17.6 Å². The summed E-state index contributed by atoms with van der Waals surface area (Å²) < 4.78 is 6.49. The van der Waals surface area contributed by atoms with Crippen molar-refractivity contribution in [2.75, 3.05) is 19.6 Å². The predicted molar refractivity (Wildman–Crippen MR) is 109 cm³/mol. The van der Waals surface area contributed by atoms with Crippen molar-refractivity contribution in [2.24, 2.45) is 11.8 Å². The largest absolute Gasteiger partial charge is 0.508 e. The van der Waals surface area contributed by atoms with Crippen molar-refractivity contribution in [2.45, 2.75) is 38.0 Å². The maximum absolute atomic E-state index is 12.5. The van der Waals surface area contributed by atoms with Gasteiger partial charge in [-0.15, -0.1) is 11.3 Å². The minimum absolute atomic E-state index is 0.0320. The summed E-state index contributed by atoms with van der Waals surface area (Å²) >= 11 is 1.54. The van der Waals surface area contributed by atoms with Crippen LogP contribution in [0.15, 0.2) is 36.4 Å². The summed E-state index contributed by atoms with van der Waals surface area (Å²) in [6, 6.07) is 11.4. The van der Waals surface area contributed by atoms with Gasteiger partial charge >= 0.3 is 0 Å². The Morgan fingerprint density at radius 1 is 1.39 bits per heavy atom. The molecule has 148 valence electrons. The Labute approximate surface area is 169 Å². The minimum Gasteiger partial charge on any atom is -0.508 e. The number of hydrogen-bond donors (Lipinski definition) is 2. The van der Waals surface area contributed by atoms with Crippen molar-refractivity contribution in [1.82, 2.24) is 10.2 Å². The van der Waals surface area contributed by atoms with Crippen LogP contribution >= 0.6 is 11.3 Å². The monoisotopic (exact) mass is 398 g/mol. The normalized spacial score (nSPS) is 31.2. The standard InChI is InChI=1S/C22H26N2O3S/c1-14-5-6-20(28-14)21(26)23-10-17-18-12-24(11-15-3-2-4-16(25)9-15)13-22(18)8-7-19(17)27-22/h2-6,9,17-19,25H,7-8,10-13H2,1H3,(H,23,26)/t17-,18+,19+,22+/m0/s1. The Balaban J connectivity index is 1.25. The van der Waals surface area contributed by atoms with E-state index in [1.165, 1.54) is 0 Å². The van der Waals surface area contributed by atoms with Crippen LogP contribution in [0.2, 0.25) is 0 Å². The molecule has 2 aromatic rings. The summed E-state index contributed by atoms with van der Waals surface area (Å²) in [4.78, 5) is 16.9. The van der Waals surface area contributed by atoms with Crippen LogP contribution in [0.3, 0.4) is 0 Å². The number of fused-ring (bicyclic) bond motifs is 1. The first kappa shape index (κ1) is 18.2. The maximum atomic E-state index is 12.5. The Hall–Kier alpha value is -1.89. The van der Waals surface area contributed by atoms with E-state index in [1.54, 1.807) is 17.4 Å². The Morgan fingerprint density at radius 3 is 3.07 bits per heavy atom. The molecule has 3 aliphatic heterocycles. The highest BCUT2D eigenvalue weighted by Gasteiger charge is 2.62. The van der Waals surface area contributed by atoms with Gasteiger partial charge in [-0.2, -0.15) is 0 Å². The lowest BCUT2D eigenvalue weighted by Gasteiger charge is -2.29. The molecule has 0 radical (unpaired) electrons. The molecule has 3 saturated heterocycles. The third-order valence-corrected chi connectivity index (χ3v) is 7.63. The van der Waals surface area contributed by atoms with Gasteiger partial charge in [-0.3, -0.25) is 9.69 Å². The summed E-state index contributed by atoms with van der Waals surface area (Å²) in [6.45, 7) is 5.47. The number of nitrogens with one attached hydrogen (secondary N) is 1. The number of aromatic hydroxyl groups is 1. The summed E-state index contributed by atoms with van der Waals surface area (Å²) in [5, 5.41) is 12.9. The molecule has 0 aliphatic carbocycles. The van der Waals surface area contributed by atoms with E-state index in [0.29, 0.717) is 24.1 Å². The fourth-order valence-electron chi connectivity index (χ4n) is 5.45. The van der Waals surface area contributed by atoms with E-state index in [2.05, 4.69) is 16.3 Å². The van der Waals surface area contributed by atoms with Crippen LogP contribution in [0.1, 0.15) is 33.0 Å². The maximum Gasteiger partial charge on any atom is 0.261 e. The molecule has 3 fully saturated rings. The van der Waals surface area contributed by atoms with Gasteiger partial charge in [0.05, 0.1) is 16.6 Å². The van der Waals surface area contributed by atoms with Crippen LogP contribution in [-0.2, 0) is 11.3 Å². The molecule has 4 heterocycles. The predicted octanol–water partition coefficient (Wildman–Crippen LogP) is 3.17. The highest BCUT2D eigenvalue weighted by atomic mass is 32.1. The number of carbonyl (C=O) groups is 1. The van der Waals surface area contributed by atoms with Crippen LogP contribution in [0, 0.1) is 18.8 Å².